The Labute approximate surface area is 178 Å². The molecule has 1 aliphatic rings. The van der Waals surface area contributed by atoms with E-state index >= 15 is 0 Å². The fourth-order valence-electron chi connectivity index (χ4n) is 3.18. The molecule has 0 saturated carbocycles. The first kappa shape index (κ1) is 23.5. The van der Waals surface area contributed by atoms with Crippen LogP contribution in [0.2, 0.25) is 0 Å². The third kappa shape index (κ3) is 8.31. The number of nitrogens with one attached hydrogen (secondary N) is 2. The zero-order chi connectivity index (χ0) is 22.1. The van der Waals surface area contributed by atoms with Gasteiger partial charge in [-0.1, -0.05) is 12.1 Å². The molecule has 3 amide bonds. The van der Waals surface area contributed by atoms with Crippen LogP contribution in [0.15, 0.2) is 24.3 Å². The van der Waals surface area contributed by atoms with E-state index < -0.39 is 11.7 Å². The molecule has 0 spiro atoms. The number of carbonyl (C=O) groups is 3. The monoisotopic (exact) mass is 419 g/mol. The predicted octanol–water partition coefficient (Wildman–Crippen LogP) is 2.26. The summed E-state index contributed by atoms with van der Waals surface area (Å²) in [5.74, 6) is 0.607. The summed E-state index contributed by atoms with van der Waals surface area (Å²) in [5, 5.41) is 5.53. The lowest BCUT2D eigenvalue weighted by atomic mass is 10.0. The van der Waals surface area contributed by atoms with E-state index in [4.69, 9.17) is 9.47 Å². The van der Waals surface area contributed by atoms with Gasteiger partial charge in [0, 0.05) is 19.1 Å². The zero-order valence-corrected chi connectivity index (χ0v) is 18.3. The lowest BCUT2D eigenvalue weighted by Crippen LogP contribution is -2.49. The van der Waals surface area contributed by atoms with Gasteiger partial charge >= 0.3 is 6.09 Å². The SMILES string of the molecule is CCOc1ccc(CC(=O)NC2CCN(C(=O)CNC(=O)OC(C)(C)C)CC2)cc1. The van der Waals surface area contributed by atoms with E-state index in [2.05, 4.69) is 10.6 Å². The van der Waals surface area contributed by atoms with Crippen molar-refractivity contribution in [3.05, 3.63) is 29.8 Å². The second-order valence-electron chi connectivity index (χ2n) is 8.33. The third-order valence-corrected chi connectivity index (χ3v) is 4.59. The number of nitrogens with zero attached hydrogens (tertiary/aromatic N) is 1. The number of hydrogen-bond acceptors (Lipinski definition) is 5. The molecule has 8 nitrogen and oxygen atoms in total. The maximum absolute atomic E-state index is 12.3. The van der Waals surface area contributed by atoms with Crippen molar-refractivity contribution in [1.82, 2.24) is 15.5 Å². The number of carbonyl (C=O) groups excluding carboxylic acids is 3. The van der Waals surface area contributed by atoms with Crippen LogP contribution < -0.4 is 15.4 Å². The molecular formula is C22H33N3O5. The number of amides is 3. The summed E-state index contributed by atoms with van der Waals surface area (Å²) in [5.41, 5.74) is 0.325. The van der Waals surface area contributed by atoms with Gasteiger partial charge in [-0.25, -0.2) is 4.79 Å². The number of piperidine rings is 1. The second-order valence-corrected chi connectivity index (χ2v) is 8.33. The molecule has 0 aliphatic carbocycles. The molecule has 1 saturated heterocycles. The average molecular weight is 420 g/mol. The van der Waals surface area contributed by atoms with Crippen molar-refractivity contribution in [1.29, 1.82) is 0 Å². The smallest absolute Gasteiger partial charge is 0.408 e. The minimum atomic E-state index is -0.604. The average Bonchev–Trinajstić information content (AvgIpc) is 2.67. The first-order chi connectivity index (χ1) is 14.2. The largest absolute Gasteiger partial charge is 0.494 e. The zero-order valence-electron chi connectivity index (χ0n) is 18.3. The molecular weight excluding hydrogens is 386 g/mol. The first-order valence-electron chi connectivity index (χ1n) is 10.4. The summed E-state index contributed by atoms with van der Waals surface area (Å²) in [6.45, 7) is 8.83. The van der Waals surface area contributed by atoms with Gasteiger partial charge in [0.15, 0.2) is 0 Å². The maximum atomic E-state index is 12.3. The van der Waals surface area contributed by atoms with Crippen molar-refractivity contribution < 1.29 is 23.9 Å². The van der Waals surface area contributed by atoms with Crippen LogP contribution >= 0.6 is 0 Å². The van der Waals surface area contributed by atoms with Crippen LogP contribution in [0.1, 0.15) is 46.1 Å². The quantitative estimate of drug-likeness (QED) is 0.707. The summed E-state index contributed by atoms with van der Waals surface area (Å²) in [7, 11) is 0. The Morgan fingerprint density at radius 3 is 2.30 bits per heavy atom. The Morgan fingerprint density at radius 1 is 1.10 bits per heavy atom. The van der Waals surface area contributed by atoms with E-state index in [9.17, 15) is 14.4 Å². The molecule has 2 rings (SSSR count). The number of ether oxygens (including phenoxy) is 2. The summed E-state index contributed by atoms with van der Waals surface area (Å²) >= 11 is 0. The number of likely N-dealkylation sites (tertiary alicyclic amines) is 1. The third-order valence-electron chi connectivity index (χ3n) is 4.59. The van der Waals surface area contributed by atoms with Gasteiger partial charge in [-0.15, -0.1) is 0 Å². The molecule has 166 valence electrons. The number of hydrogen-bond donors (Lipinski definition) is 2. The van der Waals surface area contributed by atoms with Crippen LogP contribution in [0.5, 0.6) is 5.75 Å². The fraction of sp³-hybridized carbons (Fsp3) is 0.591. The Balaban J connectivity index is 1.69. The van der Waals surface area contributed by atoms with E-state index in [0.717, 1.165) is 11.3 Å². The molecule has 1 fully saturated rings. The molecule has 0 radical (unpaired) electrons. The first-order valence-corrected chi connectivity index (χ1v) is 10.4. The molecule has 2 N–H and O–H groups in total. The summed E-state index contributed by atoms with van der Waals surface area (Å²) in [4.78, 5) is 37.9. The van der Waals surface area contributed by atoms with Crippen LogP contribution in [-0.2, 0) is 20.7 Å². The number of alkyl carbamates (subject to hydrolysis) is 1. The van der Waals surface area contributed by atoms with Gasteiger partial charge in [0.2, 0.25) is 11.8 Å². The Kier molecular flexibility index (Phi) is 8.50. The van der Waals surface area contributed by atoms with Crippen molar-refractivity contribution >= 4 is 17.9 Å². The van der Waals surface area contributed by atoms with E-state index in [-0.39, 0.29) is 24.4 Å². The summed E-state index contributed by atoms with van der Waals surface area (Å²) in [6.07, 6.45) is 1.08. The highest BCUT2D eigenvalue weighted by Crippen LogP contribution is 2.14. The van der Waals surface area contributed by atoms with Crippen LogP contribution in [0.4, 0.5) is 4.79 Å². The van der Waals surface area contributed by atoms with Crippen molar-refractivity contribution in [2.45, 2.75) is 58.6 Å². The molecule has 1 aliphatic heterocycles. The van der Waals surface area contributed by atoms with Gasteiger partial charge in [0.05, 0.1) is 13.0 Å². The van der Waals surface area contributed by atoms with Crippen LogP contribution in [0.25, 0.3) is 0 Å². The van der Waals surface area contributed by atoms with Crippen molar-refractivity contribution in [3.63, 3.8) is 0 Å². The fourth-order valence-corrected chi connectivity index (χ4v) is 3.18. The topological polar surface area (TPSA) is 97.0 Å². The maximum Gasteiger partial charge on any atom is 0.408 e. The second kappa shape index (κ2) is 10.8. The molecule has 8 heteroatoms. The summed E-state index contributed by atoms with van der Waals surface area (Å²) in [6, 6.07) is 7.55. The van der Waals surface area contributed by atoms with E-state index in [1.165, 1.54) is 0 Å². The standard InChI is InChI=1S/C22H33N3O5/c1-5-29-18-8-6-16(7-9-18)14-19(26)24-17-10-12-25(13-11-17)20(27)15-23-21(28)30-22(2,3)4/h6-9,17H,5,10-15H2,1-4H3,(H,23,28)(H,24,26). The molecule has 30 heavy (non-hydrogen) atoms. The Bertz CT molecular complexity index is 719. The molecule has 1 aromatic carbocycles. The van der Waals surface area contributed by atoms with Gasteiger partial charge in [-0.05, 0) is 58.2 Å². The van der Waals surface area contributed by atoms with Crippen molar-refractivity contribution in [2.24, 2.45) is 0 Å². The van der Waals surface area contributed by atoms with Gasteiger partial charge in [0.25, 0.3) is 0 Å². The van der Waals surface area contributed by atoms with Crippen LogP contribution in [0.3, 0.4) is 0 Å². The van der Waals surface area contributed by atoms with Gasteiger partial charge < -0.3 is 25.0 Å². The van der Waals surface area contributed by atoms with Gasteiger partial charge in [0.1, 0.15) is 17.9 Å². The molecule has 0 unspecified atom stereocenters. The highest BCUT2D eigenvalue weighted by Gasteiger charge is 2.24. The number of rotatable bonds is 7. The molecule has 0 aromatic heterocycles. The lowest BCUT2D eigenvalue weighted by Gasteiger charge is -2.32. The van der Waals surface area contributed by atoms with E-state index in [1.807, 2.05) is 31.2 Å². The van der Waals surface area contributed by atoms with E-state index in [1.54, 1.807) is 25.7 Å². The van der Waals surface area contributed by atoms with Crippen molar-refractivity contribution in [2.75, 3.05) is 26.2 Å². The van der Waals surface area contributed by atoms with Crippen LogP contribution in [-0.4, -0.2) is 60.7 Å². The Hall–Kier alpha value is -2.77. The minimum Gasteiger partial charge on any atom is -0.494 e. The molecule has 0 atom stereocenters. The lowest BCUT2D eigenvalue weighted by molar-refractivity contribution is -0.131. The number of benzene rings is 1. The molecule has 0 bridgehead atoms. The van der Waals surface area contributed by atoms with Gasteiger partial charge in [-0.3, -0.25) is 9.59 Å². The molecule has 1 aromatic rings. The van der Waals surface area contributed by atoms with E-state index in [0.29, 0.717) is 39.0 Å². The molecule has 1 heterocycles. The van der Waals surface area contributed by atoms with Gasteiger partial charge in [-0.2, -0.15) is 0 Å². The normalized spacial score (nSPS) is 14.7. The highest BCUT2D eigenvalue weighted by molar-refractivity contribution is 5.82. The van der Waals surface area contributed by atoms with Crippen molar-refractivity contribution in [3.8, 4) is 5.75 Å². The van der Waals surface area contributed by atoms with Crippen LogP contribution in [0, 0.1) is 0 Å². The summed E-state index contributed by atoms with van der Waals surface area (Å²) < 4.78 is 10.5. The predicted molar refractivity (Wildman–Crippen MR) is 113 cm³/mol. The minimum absolute atomic E-state index is 0.0319. The Morgan fingerprint density at radius 2 is 1.73 bits per heavy atom. The highest BCUT2D eigenvalue weighted by atomic mass is 16.6.